The Morgan fingerprint density at radius 3 is 3.04 bits per heavy atom. The molecule has 0 fully saturated rings. The third-order valence-electron chi connectivity index (χ3n) is 4.49. The molecule has 144 valence electrons. The number of tetrazole rings is 1. The van der Waals surface area contributed by atoms with Crippen LogP contribution in [0.15, 0.2) is 35.0 Å². The van der Waals surface area contributed by atoms with Crippen LogP contribution in [0, 0.1) is 6.92 Å². The first-order valence-corrected chi connectivity index (χ1v) is 10.2. The number of aryl methyl sites for hydroxylation is 1. The molecule has 2 aromatic rings. The zero-order chi connectivity index (χ0) is 19.1. The number of nitrogens with one attached hydrogen (secondary N) is 1. The maximum Gasteiger partial charge on any atom is 0.230 e. The molecule has 0 radical (unpaired) electrons. The van der Waals surface area contributed by atoms with Crippen molar-refractivity contribution >= 4 is 17.7 Å². The quantitative estimate of drug-likeness (QED) is 0.554. The van der Waals surface area contributed by atoms with Crippen molar-refractivity contribution in [2.24, 2.45) is 0 Å². The van der Waals surface area contributed by atoms with Gasteiger partial charge in [0.15, 0.2) is 0 Å². The molecule has 0 saturated heterocycles. The van der Waals surface area contributed by atoms with Crippen LogP contribution in [0.2, 0.25) is 0 Å². The number of hydrogen-bond donors (Lipinski definition) is 1. The number of aromatic nitrogens is 4. The molecule has 3 rings (SSSR count). The predicted molar refractivity (Wildman–Crippen MR) is 105 cm³/mol. The number of methoxy groups -OCH3 is 1. The molecule has 1 N–H and O–H groups in total. The standard InChI is InChI=1S/C19H25N5O2S/c1-14-8-9-17(26-2)16(12-14)24-19(21-22-23-24)27-13-18(25)20-11-10-15-6-4-3-5-7-15/h6,8-9,12H,3-5,7,10-11,13H2,1-2H3,(H,20,25). The van der Waals surface area contributed by atoms with Gasteiger partial charge in [0.05, 0.1) is 12.9 Å². The van der Waals surface area contributed by atoms with E-state index in [1.54, 1.807) is 11.8 Å². The monoisotopic (exact) mass is 387 g/mol. The van der Waals surface area contributed by atoms with E-state index in [0.717, 1.165) is 24.1 Å². The summed E-state index contributed by atoms with van der Waals surface area (Å²) >= 11 is 1.31. The van der Waals surface area contributed by atoms with E-state index in [2.05, 4.69) is 26.9 Å². The van der Waals surface area contributed by atoms with Crippen LogP contribution in [-0.4, -0.2) is 45.5 Å². The zero-order valence-electron chi connectivity index (χ0n) is 15.8. The van der Waals surface area contributed by atoms with E-state index in [1.807, 2.05) is 25.1 Å². The summed E-state index contributed by atoms with van der Waals surface area (Å²) in [6.45, 7) is 2.68. The maximum atomic E-state index is 12.2. The van der Waals surface area contributed by atoms with Crippen LogP contribution in [0.25, 0.3) is 5.69 Å². The highest BCUT2D eigenvalue weighted by Crippen LogP contribution is 2.26. The highest BCUT2D eigenvalue weighted by Gasteiger charge is 2.15. The SMILES string of the molecule is COc1ccc(C)cc1-n1nnnc1SCC(=O)NCCC1=CCCCC1. The Balaban J connectivity index is 1.55. The number of carbonyl (C=O) groups is 1. The van der Waals surface area contributed by atoms with E-state index >= 15 is 0 Å². The second-order valence-corrected chi connectivity index (χ2v) is 7.49. The maximum absolute atomic E-state index is 12.2. The topological polar surface area (TPSA) is 81.9 Å². The first kappa shape index (κ1) is 19.4. The molecule has 0 saturated carbocycles. The molecular weight excluding hydrogens is 362 g/mol. The molecular formula is C19H25N5O2S. The number of nitrogens with zero attached hydrogens (tertiary/aromatic N) is 4. The minimum absolute atomic E-state index is 0.0119. The van der Waals surface area contributed by atoms with E-state index in [1.165, 1.54) is 36.6 Å². The number of amides is 1. The van der Waals surface area contributed by atoms with Crippen molar-refractivity contribution in [1.82, 2.24) is 25.5 Å². The van der Waals surface area contributed by atoms with Gasteiger partial charge in [-0.15, -0.1) is 5.10 Å². The summed E-state index contributed by atoms with van der Waals surface area (Å²) in [4.78, 5) is 12.2. The average Bonchev–Trinajstić information content (AvgIpc) is 3.15. The highest BCUT2D eigenvalue weighted by atomic mass is 32.2. The molecule has 1 aliphatic carbocycles. The second-order valence-electron chi connectivity index (χ2n) is 6.55. The van der Waals surface area contributed by atoms with Gasteiger partial charge >= 0.3 is 0 Å². The Kier molecular flexibility index (Phi) is 6.86. The van der Waals surface area contributed by atoms with E-state index in [4.69, 9.17) is 4.74 Å². The molecule has 7 nitrogen and oxygen atoms in total. The predicted octanol–water partition coefficient (Wildman–Crippen LogP) is 3.08. The molecule has 1 aromatic carbocycles. The number of ether oxygens (including phenoxy) is 1. The number of thioether (sulfide) groups is 1. The molecule has 8 heteroatoms. The van der Waals surface area contributed by atoms with Crippen LogP contribution in [0.3, 0.4) is 0 Å². The average molecular weight is 388 g/mol. The number of benzene rings is 1. The van der Waals surface area contributed by atoms with Crippen LogP contribution < -0.4 is 10.1 Å². The van der Waals surface area contributed by atoms with E-state index in [-0.39, 0.29) is 11.7 Å². The first-order chi connectivity index (χ1) is 13.2. The van der Waals surface area contributed by atoms with Gasteiger partial charge in [-0.05, 0) is 67.2 Å². The zero-order valence-corrected chi connectivity index (χ0v) is 16.6. The normalized spacial score (nSPS) is 13.9. The van der Waals surface area contributed by atoms with Gasteiger partial charge in [0.25, 0.3) is 0 Å². The smallest absolute Gasteiger partial charge is 0.230 e. The molecule has 0 spiro atoms. The van der Waals surface area contributed by atoms with Crippen LogP contribution in [0.5, 0.6) is 5.75 Å². The van der Waals surface area contributed by atoms with Crippen LogP contribution in [-0.2, 0) is 4.79 Å². The second kappa shape index (κ2) is 9.55. The van der Waals surface area contributed by atoms with Gasteiger partial charge in [-0.1, -0.05) is 29.5 Å². The van der Waals surface area contributed by atoms with E-state index in [9.17, 15) is 4.79 Å². The molecule has 1 amide bonds. The fourth-order valence-corrected chi connectivity index (χ4v) is 3.77. The lowest BCUT2D eigenvalue weighted by molar-refractivity contribution is -0.118. The molecule has 1 aliphatic rings. The van der Waals surface area contributed by atoms with Crippen molar-refractivity contribution in [3.05, 3.63) is 35.4 Å². The van der Waals surface area contributed by atoms with Crippen LogP contribution in [0.4, 0.5) is 0 Å². The lowest BCUT2D eigenvalue weighted by atomic mass is 9.97. The van der Waals surface area contributed by atoms with Crippen molar-refractivity contribution in [2.45, 2.75) is 44.2 Å². The minimum Gasteiger partial charge on any atom is -0.494 e. The van der Waals surface area contributed by atoms with Gasteiger partial charge < -0.3 is 10.1 Å². The summed E-state index contributed by atoms with van der Waals surface area (Å²) in [5, 5.41) is 15.4. The van der Waals surface area contributed by atoms with Gasteiger partial charge in [0.1, 0.15) is 11.4 Å². The summed E-state index contributed by atoms with van der Waals surface area (Å²) in [6.07, 6.45) is 8.14. The van der Waals surface area contributed by atoms with Gasteiger partial charge in [-0.3, -0.25) is 4.79 Å². The van der Waals surface area contributed by atoms with Gasteiger partial charge in [0.2, 0.25) is 11.1 Å². The Morgan fingerprint density at radius 1 is 1.37 bits per heavy atom. The number of allylic oxidation sites excluding steroid dienone is 1. The fraction of sp³-hybridized carbons (Fsp3) is 0.474. The van der Waals surface area contributed by atoms with Crippen molar-refractivity contribution in [2.75, 3.05) is 19.4 Å². The van der Waals surface area contributed by atoms with Gasteiger partial charge in [-0.25, -0.2) is 0 Å². The molecule has 0 bridgehead atoms. The minimum atomic E-state index is -0.0119. The lowest BCUT2D eigenvalue weighted by Crippen LogP contribution is -2.26. The van der Waals surface area contributed by atoms with Gasteiger partial charge in [0, 0.05) is 6.54 Å². The van der Waals surface area contributed by atoms with Crippen molar-refractivity contribution < 1.29 is 9.53 Å². The summed E-state index contributed by atoms with van der Waals surface area (Å²) in [5.74, 6) is 0.940. The number of hydrogen-bond acceptors (Lipinski definition) is 6. The largest absolute Gasteiger partial charge is 0.494 e. The Hall–Kier alpha value is -2.35. The molecule has 0 unspecified atom stereocenters. The van der Waals surface area contributed by atoms with E-state index < -0.39 is 0 Å². The van der Waals surface area contributed by atoms with Crippen LogP contribution >= 0.6 is 11.8 Å². The third kappa shape index (κ3) is 5.32. The number of rotatable bonds is 8. The fourth-order valence-electron chi connectivity index (χ4n) is 3.06. The molecule has 0 aliphatic heterocycles. The molecule has 27 heavy (non-hydrogen) atoms. The Morgan fingerprint density at radius 2 is 2.26 bits per heavy atom. The van der Waals surface area contributed by atoms with Crippen molar-refractivity contribution in [3.63, 3.8) is 0 Å². The number of carbonyl (C=O) groups excluding carboxylic acids is 1. The van der Waals surface area contributed by atoms with E-state index in [0.29, 0.717) is 17.5 Å². The Labute approximate surface area is 163 Å². The third-order valence-corrected chi connectivity index (χ3v) is 5.41. The summed E-state index contributed by atoms with van der Waals surface area (Å²) in [6, 6.07) is 5.80. The van der Waals surface area contributed by atoms with Crippen molar-refractivity contribution in [1.29, 1.82) is 0 Å². The molecule has 1 heterocycles. The van der Waals surface area contributed by atoms with Crippen LogP contribution in [0.1, 0.15) is 37.7 Å². The first-order valence-electron chi connectivity index (χ1n) is 9.18. The summed E-state index contributed by atoms with van der Waals surface area (Å²) in [5.41, 5.74) is 3.30. The molecule has 0 atom stereocenters. The van der Waals surface area contributed by atoms with Gasteiger partial charge in [-0.2, -0.15) is 4.68 Å². The van der Waals surface area contributed by atoms with Crippen molar-refractivity contribution in [3.8, 4) is 11.4 Å². The summed E-state index contributed by atoms with van der Waals surface area (Å²) in [7, 11) is 1.61. The molecule has 1 aromatic heterocycles. The Bertz CT molecular complexity index is 818. The lowest BCUT2D eigenvalue weighted by Gasteiger charge is -2.13. The highest BCUT2D eigenvalue weighted by molar-refractivity contribution is 7.99. The summed E-state index contributed by atoms with van der Waals surface area (Å²) < 4.78 is 7.01.